The number of hydrogen-bond acceptors (Lipinski definition) is 5. The second kappa shape index (κ2) is 8.26. The van der Waals surface area contributed by atoms with Crippen LogP contribution in [0.1, 0.15) is 19.4 Å². The number of nitrogens with zero attached hydrogens (tertiary/aromatic N) is 1. The highest BCUT2D eigenvalue weighted by Gasteiger charge is 2.24. The molecule has 0 amide bonds. The molecule has 0 fully saturated rings. The van der Waals surface area contributed by atoms with E-state index in [2.05, 4.69) is 21.2 Å². The summed E-state index contributed by atoms with van der Waals surface area (Å²) in [6.07, 6.45) is 0. The lowest BCUT2D eigenvalue weighted by atomic mass is 10.2. The SMILES string of the molecule is CCN(CC)S(=O)(=O)c1cc(NCc2cc3c(cc2Br)OCO3)ccc1Cl. The van der Waals surface area contributed by atoms with Crippen LogP contribution in [0.2, 0.25) is 5.02 Å². The van der Waals surface area contributed by atoms with Crippen molar-refractivity contribution in [2.24, 2.45) is 0 Å². The number of rotatable bonds is 7. The quantitative estimate of drug-likeness (QED) is 0.640. The Labute approximate surface area is 172 Å². The van der Waals surface area contributed by atoms with Gasteiger partial charge in [0.25, 0.3) is 0 Å². The van der Waals surface area contributed by atoms with Gasteiger partial charge in [0.2, 0.25) is 16.8 Å². The normalized spacial score (nSPS) is 13.2. The van der Waals surface area contributed by atoms with Crippen molar-refractivity contribution in [3.63, 3.8) is 0 Å². The summed E-state index contributed by atoms with van der Waals surface area (Å²) in [7, 11) is -3.64. The number of halogens is 2. The van der Waals surface area contributed by atoms with E-state index in [1.165, 1.54) is 4.31 Å². The van der Waals surface area contributed by atoms with Crippen LogP contribution in [-0.4, -0.2) is 32.6 Å². The fraction of sp³-hybridized carbons (Fsp3) is 0.333. The maximum atomic E-state index is 12.8. The summed E-state index contributed by atoms with van der Waals surface area (Å²) < 4.78 is 38.6. The highest BCUT2D eigenvalue weighted by Crippen LogP contribution is 2.37. The van der Waals surface area contributed by atoms with Crippen LogP contribution in [0, 0.1) is 0 Å². The molecular weight excluding hydrogens is 456 g/mol. The third-order valence-electron chi connectivity index (χ3n) is 4.28. The number of hydrogen-bond donors (Lipinski definition) is 1. The second-order valence-electron chi connectivity index (χ2n) is 5.88. The van der Waals surface area contributed by atoms with E-state index < -0.39 is 10.0 Å². The molecule has 146 valence electrons. The minimum Gasteiger partial charge on any atom is -0.454 e. The average molecular weight is 476 g/mol. The Morgan fingerprint density at radius 3 is 2.48 bits per heavy atom. The molecule has 1 aliphatic rings. The van der Waals surface area contributed by atoms with Gasteiger partial charge in [-0.2, -0.15) is 4.31 Å². The third-order valence-corrected chi connectivity index (χ3v) is 7.55. The smallest absolute Gasteiger partial charge is 0.244 e. The lowest BCUT2D eigenvalue weighted by molar-refractivity contribution is 0.174. The highest BCUT2D eigenvalue weighted by molar-refractivity contribution is 9.10. The van der Waals surface area contributed by atoms with Crippen LogP contribution in [0.15, 0.2) is 39.7 Å². The molecule has 0 aromatic heterocycles. The number of nitrogens with one attached hydrogen (secondary N) is 1. The molecule has 27 heavy (non-hydrogen) atoms. The van der Waals surface area contributed by atoms with Gasteiger partial charge in [-0.05, 0) is 35.9 Å². The van der Waals surface area contributed by atoms with Gasteiger partial charge in [0, 0.05) is 29.8 Å². The molecule has 0 aliphatic carbocycles. The molecule has 1 heterocycles. The first kappa shape index (κ1) is 20.3. The summed E-state index contributed by atoms with van der Waals surface area (Å²) >= 11 is 9.69. The molecule has 2 aromatic rings. The average Bonchev–Trinajstić information content (AvgIpc) is 3.08. The van der Waals surface area contributed by atoms with E-state index in [4.69, 9.17) is 21.1 Å². The van der Waals surface area contributed by atoms with Crippen molar-refractivity contribution in [2.75, 3.05) is 25.2 Å². The first-order valence-electron chi connectivity index (χ1n) is 8.48. The van der Waals surface area contributed by atoms with E-state index in [-0.39, 0.29) is 16.7 Å². The van der Waals surface area contributed by atoms with Crippen LogP contribution in [-0.2, 0) is 16.6 Å². The summed E-state index contributed by atoms with van der Waals surface area (Å²) in [5.41, 5.74) is 1.62. The Morgan fingerprint density at radius 2 is 1.81 bits per heavy atom. The molecule has 0 atom stereocenters. The first-order valence-corrected chi connectivity index (χ1v) is 11.1. The summed E-state index contributed by atoms with van der Waals surface area (Å²) in [4.78, 5) is 0.0996. The Morgan fingerprint density at radius 1 is 1.15 bits per heavy atom. The Balaban J connectivity index is 1.83. The van der Waals surface area contributed by atoms with Crippen molar-refractivity contribution in [1.82, 2.24) is 4.31 Å². The fourth-order valence-electron chi connectivity index (χ4n) is 2.81. The van der Waals surface area contributed by atoms with Crippen LogP contribution in [0.25, 0.3) is 0 Å². The summed E-state index contributed by atoms with van der Waals surface area (Å²) in [6.45, 7) is 5.06. The number of fused-ring (bicyclic) bond motifs is 1. The predicted molar refractivity (Wildman–Crippen MR) is 109 cm³/mol. The predicted octanol–water partition coefficient (Wildman–Crippen LogP) is 4.47. The summed E-state index contributed by atoms with van der Waals surface area (Å²) in [5, 5.41) is 3.44. The minimum absolute atomic E-state index is 0.0996. The highest BCUT2D eigenvalue weighted by atomic mass is 79.9. The van der Waals surface area contributed by atoms with Gasteiger partial charge in [-0.15, -0.1) is 0 Å². The molecule has 0 spiro atoms. The van der Waals surface area contributed by atoms with Crippen molar-refractivity contribution in [1.29, 1.82) is 0 Å². The largest absolute Gasteiger partial charge is 0.454 e. The lowest BCUT2D eigenvalue weighted by Crippen LogP contribution is -2.30. The van der Waals surface area contributed by atoms with E-state index in [9.17, 15) is 8.42 Å². The molecule has 0 saturated heterocycles. The Hall–Kier alpha value is -1.48. The second-order valence-corrected chi connectivity index (χ2v) is 9.05. The van der Waals surface area contributed by atoms with E-state index in [0.29, 0.717) is 36.8 Å². The van der Waals surface area contributed by atoms with Gasteiger partial charge in [0.1, 0.15) is 4.90 Å². The van der Waals surface area contributed by atoms with Crippen LogP contribution >= 0.6 is 27.5 Å². The van der Waals surface area contributed by atoms with Gasteiger partial charge < -0.3 is 14.8 Å². The molecule has 0 bridgehead atoms. The van der Waals surface area contributed by atoms with Crippen molar-refractivity contribution >= 4 is 43.2 Å². The Bertz CT molecular complexity index is 949. The zero-order valence-corrected chi connectivity index (χ0v) is 18.1. The summed E-state index contributed by atoms with van der Waals surface area (Å²) in [6, 6.07) is 8.66. The van der Waals surface area contributed by atoms with Gasteiger partial charge >= 0.3 is 0 Å². The third kappa shape index (κ3) is 4.18. The lowest BCUT2D eigenvalue weighted by Gasteiger charge is -2.20. The maximum absolute atomic E-state index is 12.8. The number of benzene rings is 2. The van der Waals surface area contributed by atoms with E-state index in [1.54, 1.807) is 32.0 Å². The molecule has 2 aromatic carbocycles. The number of sulfonamides is 1. The van der Waals surface area contributed by atoms with Gasteiger partial charge in [-0.25, -0.2) is 8.42 Å². The van der Waals surface area contributed by atoms with Gasteiger partial charge in [0.15, 0.2) is 11.5 Å². The zero-order valence-electron chi connectivity index (χ0n) is 15.0. The van der Waals surface area contributed by atoms with Crippen LogP contribution in [0.5, 0.6) is 11.5 Å². The first-order chi connectivity index (χ1) is 12.9. The molecular formula is C18H20BrClN2O4S. The number of anilines is 1. The molecule has 3 rings (SSSR count). The fourth-order valence-corrected chi connectivity index (χ4v) is 5.23. The van der Waals surface area contributed by atoms with Gasteiger partial charge in [-0.3, -0.25) is 0 Å². The standard InChI is InChI=1S/C18H20BrClN2O4S/c1-3-22(4-2)27(23,24)18-8-13(5-6-15(18)20)21-10-12-7-16-17(9-14(12)19)26-11-25-16/h5-9,21H,3-4,10-11H2,1-2H3. The maximum Gasteiger partial charge on any atom is 0.244 e. The molecule has 0 saturated carbocycles. The van der Waals surface area contributed by atoms with E-state index >= 15 is 0 Å². The number of ether oxygens (including phenoxy) is 2. The Kier molecular flexibility index (Phi) is 6.20. The van der Waals surface area contributed by atoms with Crippen molar-refractivity contribution in [2.45, 2.75) is 25.3 Å². The minimum atomic E-state index is -3.64. The molecule has 0 radical (unpaired) electrons. The zero-order chi connectivity index (χ0) is 19.6. The summed E-state index contributed by atoms with van der Waals surface area (Å²) in [5.74, 6) is 1.39. The molecule has 0 unspecified atom stereocenters. The van der Waals surface area contributed by atoms with Crippen molar-refractivity contribution < 1.29 is 17.9 Å². The van der Waals surface area contributed by atoms with Crippen molar-refractivity contribution in [3.05, 3.63) is 45.4 Å². The van der Waals surface area contributed by atoms with Crippen molar-refractivity contribution in [3.8, 4) is 11.5 Å². The van der Waals surface area contributed by atoms with E-state index in [1.807, 2.05) is 12.1 Å². The van der Waals surface area contributed by atoms with Crippen LogP contribution in [0.3, 0.4) is 0 Å². The molecule has 1 aliphatic heterocycles. The topological polar surface area (TPSA) is 67.9 Å². The van der Waals surface area contributed by atoms with Crippen LogP contribution < -0.4 is 14.8 Å². The van der Waals surface area contributed by atoms with E-state index in [0.717, 1.165) is 10.0 Å². The van der Waals surface area contributed by atoms with Gasteiger partial charge in [-0.1, -0.05) is 41.4 Å². The van der Waals surface area contributed by atoms with Crippen LogP contribution in [0.4, 0.5) is 5.69 Å². The molecule has 6 nitrogen and oxygen atoms in total. The van der Waals surface area contributed by atoms with Gasteiger partial charge in [0.05, 0.1) is 5.02 Å². The molecule has 1 N–H and O–H groups in total. The molecule has 9 heteroatoms. The monoisotopic (exact) mass is 474 g/mol.